The molecule has 61 heavy (non-hydrogen) atoms. The lowest BCUT2D eigenvalue weighted by atomic mass is 10.0. The van der Waals surface area contributed by atoms with E-state index in [0.29, 0.717) is 66.1 Å². The van der Waals surface area contributed by atoms with Crippen molar-refractivity contribution in [3.05, 3.63) is 41.8 Å². The average molecular weight is 859 g/mol. The van der Waals surface area contributed by atoms with E-state index in [1.807, 2.05) is 51.3 Å². The lowest BCUT2D eigenvalue weighted by Gasteiger charge is -2.31. The fourth-order valence-corrected chi connectivity index (χ4v) is 9.34. The van der Waals surface area contributed by atoms with Crippen LogP contribution in [0.1, 0.15) is 85.5 Å². The number of methoxy groups -OCH3 is 1. The van der Waals surface area contributed by atoms with Gasteiger partial charge in [-0.05, 0) is 64.0 Å². The van der Waals surface area contributed by atoms with Gasteiger partial charge in [0.15, 0.2) is 5.13 Å². The molecular weight excluding hydrogens is 801 g/mol. The molecule has 16 nitrogen and oxygen atoms in total. The Morgan fingerprint density at radius 2 is 1.89 bits per heavy atom. The summed E-state index contributed by atoms with van der Waals surface area (Å²) in [5.74, 6) is -1.42. The molecule has 0 spiro atoms. The number of allylic oxidation sites excluding steroid dienone is 1. The summed E-state index contributed by atoms with van der Waals surface area (Å²) >= 11 is 1.46. The summed E-state index contributed by atoms with van der Waals surface area (Å²) in [5.41, 5.74) is 0.321. The van der Waals surface area contributed by atoms with Crippen molar-refractivity contribution in [2.45, 2.75) is 121 Å². The van der Waals surface area contributed by atoms with Crippen molar-refractivity contribution in [1.82, 2.24) is 35.7 Å². The van der Waals surface area contributed by atoms with Crippen LogP contribution in [0, 0.1) is 11.8 Å². The lowest BCUT2D eigenvalue weighted by molar-refractivity contribution is -0.145. The predicted molar refractivity (Wildman–Crippen MR) is 231 cm³/mol. The molecule has 1 saturated carbocycles. The minimum absolute atomic E-state index is 0.000272. The summed E-state index contributed by atoms with van der Waals surface area (Å²) < 4.78 is 12.3. The van der Waals surface area contributed by atoms with Gasteiger partial charge in [0.1, 0.15) is 40.9 Å². The molecule has 328 valence electrons. The van der Waals surface area contributed by atoms with E-state index in [1.165, 1.54) is 16.2 Å². The molecule has 3 aromatic rings. The standard InChI is InChI=1S/C44H58N8O8S/c1-25(2)34(23-51-17-11-14-38(51)53)48-42(58)47-31-13-10-8-6-7-9-12-27-21-44(27,41(56)57)50-39(54)36-19-29(22-52(36)40(31)55)60-37-20-33(35-24-61-43(49-35)45-26(3)4)46-32-18-28(59-5)15-16-30(32)37/h9,12,15-16,18,20,24-27,29,31,34,36H,6-8,10-11,13-14,17,19,21-23H2,1-5H3,(H,45,49)(H,50,54)(H,56,57)(H2,47,48,58)/t27?,29-,31+,34-,36+,44-/m1/s1. The number of carbonyl (C=O) groups excluding carboxylic acids is 4. The quantitative estimate of drug-likeness (QED) is 0.147. The lowest BCUT2D eigenvalue weighted by Crippen LogP contribution is -2.58. The maximum atomic E-state index is 14.8. The van der Waals surface area contributed by atoms with Gasteiger partial charge in [0.05, 0.1) is 30.9 Å². The number of urea groups is 1. The van der Waals surface area contributed by atoms with Crippen LogP contribution < -0.4 is 30.7 Å². The predicted octanol–water partition coefficient (Wildman–Crippen LogP) is 5.33. The number of pyridine rings is 1. The van der Waals surface area contributed by atoms with Crippen LogP contribution in [0.25, 0.3) is 22.3 Å². The molecule has 3 fully saturated rings. The molecule has 6 atom stereocenters. The van der Waals surface area contributed by atoms with Crippen LogP contribution >= 0.6 is 11.3 Å². The smallest absolute Gasteiger partial charge is 0.330 e. The molecule has 1 unspecified atom stereocenters. The minimum atomic E-state index is -1.48. The van der Waals surface area contributed by atoms with Gasteiger partial charge in [-0.25, -0.2) is 19.6 Å². The highest BCUT2D eigenvalue weighted by Gasteiger charge is 2.61. The number of fused-ring (bicyclic) bond motifs is 3. The normalized spacial score (nSPS) is 25.1. The summed E-state index contributed by atoms with van der Waals surface area (Å²) in [4.78, 5) is 80.9. The van der Waals surface area contributed by atoms with Crippen LogP contribution in [0.4, 0.5) is 9.93 Å². The number of aromatic nitrogens is 2. The van der Waals surface area contributed by atoms with Crippen molar-refractivity contribution in [3.8, 4) is 22.9 Å². The number of benzene rings is 1. The van der Waals surface area contributed by atoms with Crippen LogP contribution in [0.3, 0.4) is 0 Å². The zero-order valence-electron chi connectivity index (χ0n) is 35.6. The van der Waals surface area contributed by atoms with E-state index in [9.17, 15) is 29.1 Å². The summed E-state index contributed by atoms with van der Waals surface area (Å²) in [5, 5.41) is 25.8. The minimum Gasteiger partial charge on any atom is -0.497 e. The van der Waals surface area contributed by atoms with E-state index in [2.05, 4.69) is 21.3 Å². The van der Waals surface area contributed by atoms with Gasteiger partial charge >= 0.3 is 12.0 Å². The van der Waals surface area contributed by atoms with Crippen molar-refractivity contribution in [1.29, 1.82) is 0 Å². The highest BCUT2D eigenvalue weighted by molar-refractivity contribution is 7.14. The van der Waals surface area contributed by atoms with Crippen molar-refractivity contribution in [2.75, 3.05) is 32.1 Å². The summed E-state index contributed by atoms with van der Waals surface area (Å²) in [7, 11) is 1.58. The van der Waals surface area contributed by atoms with Gasteiger partial charge in [-0.1, -0.05) is 38.8 Å². The second-order valence-corrected chi connectivity index (χ2v) is 18.2. The Kier molecular flexibility index (Phi) is 13.4. The molecule has 5 amide bonds. The van der Waals surface area contributed by atoms with Gasteiger partial charge in [-0.3, -0.25) is 14.4 Å². The molecule has 5 heterocycles. The van der Waals surface area contributed by atoms with Gasteiger partial charge in [0, 0.05) is 60.8 Å². The molecule has 5 N–H and O–H groups in total. The maximum absolute atomic E-state index is 14.8. The van der Waals surface area contributed by atoms with E-state index in [0.717, 1.165) is 30.8 Å². The Labute approximate surface area is 360 Å². The van der Waals surface area contributed by atoms with Crippen molar-refractivity contribution < 1.29 is 38.6 Å². The molecule has 0 radical (unpaired) electrons. The van der Waals surface area contributed by atoms with Crippen LogP contribution in [0.5, 0.6) is 11.5 Å². The highest BCUT2D eigenvalue weighted by atomic mass is 32.1. The third kappa shape index (κ3) is 10.0. The van der Waals surface area contributed by atoms with Crippen molar-refractivity contribution >= 4 is 57.1 Å². The van der Waals surface area contributed by atoms with E-state index in [-0.39, 0.29) is 49.2 Å². The van der Waals surface area contributed by atoms with Crippen LogP contribution in [0.15, 0.2) is 41.8 Å². The Morgan fingerprint density at radius 3 is 2.61 bits per heavy atom. The monoisotopic (exact) mass is 858 g/mol. The third-order valence-corrected chi connectivity index (χ3v) is 12.9. The first-order valence-corrected chi connectivity index (χ1v) is 22.4. The molecule has 2 saturated heterocycles. The molecule has 7 rings (SSSR count). The van der Waals surface area contributed by atoms with Crippen LogP contribution in [0.2, 0.25) is 0 Å². The Morgan fingerprint density at radius 1 is 1.07 bits per heavy atom. The van der Waals surface area contributed by atoms with E-state index in [4.69, 9.17) is 19.4 Å². The van der Waals surface area contributed by atoms with Crippen molar-refractivity contribution in [2.24, 2.45) is 11.8 Å². The first-order valence-electron chi connectivity index (χ1n) is 21.5. The second-order valence-electron chi connectivity index (χ2n) is 17.3. The van der Waals surface area contributed by atoms with Gasteiger partial charge in [-0.2, -0.15) is 0 Å². The van der Waals surface area contributed by atoms with Gasteiger partial charge < -0.3 is 45.6 Å². The number of hydrogen-bond acceptors (Lipinski definition) is 11. The summed E-state index contributed by atoms with van der Waals surface area (Å²) in [6.07, 6.45) is 8.01. The number of nitrogens with one attached hydrogen (secondary N) is 4. The van der Waals surface area contributed by atoms with Gasteiger partial charge in [0.2, 0.25) is 17.7 Å². The number of hydrogen-bond donors (Lipinski definition) is 5. The number of anilines is 1. The first-order chi connectivity index (χ1) is 29.2. The summed E-state index contributed by atoms with van der Waals surface area (Å²) in [6.45, 7) is 9.02. The molecule has 1 aromatic carbocycles. The SMILES string of the molecule is COc1ccc2c(O[C@@H]3C[C@H]4C(=O)N[C@]5(C(=O)O)CC5C=CCCCCC[C@H](NC(=O)N[C@H](CN5CCCC5=O)C(C)C)C(=O)N4C3)cc(-c3csc(NC(C)C)n3)nc2c1. The summed E-state index contributed by atoms with van der Waals surface area (Å²) in [6, 6.07) is 4.48. The van der Waals surface area contributed by atoms with E-state index < -0.39 is 47.5 Å². The zero-order chi connectivity index (χ0) is 43.4. The molecule has 3 aliphatic heterocycles. The number of amides is 5. The number of ether oxygens (including phenoxy) is 2. The second kappa shape index (κ2) is 18.7. The number of likely N-dealkylation sites (tertiary alicyclic amines) is 1. The number of carbonyl (C=O) groups is 5. The fourth-order valence-electron chi connectivity index (χ4n) is 8.49. The fraction of sp³-hybridized carbons (Fsp3) is 0.568. The number of thiazole rings is 1. The highest BCUT2D eigenvalue weighted by Crippen LogP contribution is 2.45. The van der Waals surface area contributed by atoms with E-state index in [1.54, 1.807) is 30.2 Å². The van der Waals surface area contributed by atoms with Gasteiger partial charge in [-0.15, -0.1) is 11.3 Å². The van der Waals surface area contributed by atoms with Crippen LogP contribution in [-0.2, 0) is 19.2 Å². The number of carboxylic acids is 1. The maximum Gasteiger partial charge on any atom is 0.330 e. The molecule has 4 aliphatic rings. The Hall–Kier alpha value is -5.45. The van der Waals surface area contributed by atoms with Crippen molar-refractivity contribution in [3.63, 3.8) is 0 Å². The van der Waals surface area contributed by atoms with Gasteiger partial charge in [0.25, 0.3) is 0 Å². The molecule has 2 aromatic heterocycles. The molecule has 17 heteroatoms. The Bertz CT molecular complexity index is 2160. The third-order valence-electron chi connectivity index (χ3n) is 12.1. The Balaban J connectivity index is 1.18. The van der Waals surface area contributed by atoms with Crippen LogP contribution in [-0.4, -0.2) is 117 Å². The molecule has 0 bridgehead atoms. The molecular formula is C44H58N8O8S. The topological polar surface area (TPSA) is 204 Å². The number of aliphatic carboxylic acids is 1. The number of rotatable bonds is 12. The largest absolute Gasteiger partial charge is 0.497 e. The average Bonchev–Trinajstić information content (AvgIpc) is 3.55. The molecule has 1 aliphatic carbocycles. The van der Waals surface area contributed by atoms with E-state index >= 15 is 0 Å². The number of carboxylic acid groups (broad SMARTS) is 1. The zero-order valence-corrected chi connectivity index (χ0v) is 36.4. The number of nitrogens with zero attached hydrogens (tertiary/aromatic N) is 4. The first kappa shape index (κ1) is 43.6.